The van der Waals surface area contributed by atoms with Crippen LogP contribution in [0.3, 0.4) is 0 Å². The van der Waals surface area contributed by atoms with Crippen LogP contribution in [-0.4, -0.2) is 29.7 Å². The Balaban J connectivity index is 1.96. The molecule has 4 atom stereocenters. The van der Waals surface area contributed by atoms with E-state index in [1.165, 1.54) is 0 Å². The van der Waals surface area contributed by atoms with Crippen LogP contribution >= 0.6 is 0 Å². The molecule has 3 fully saturated rings. The predicted octanol–water partition coefficient (Wildman–Crippen LogP) is 0.273. The Kier molecular flexibility index (Phi) is 1.04. The largest absolute Gasteiger partial charge is 0.369 e. The molecule has 0 radical (unpaired) electrons. The quantitative estimate of drug-likeness (QED) is 0.547. The highest BCUT2D eigenvalue weighted by atomic mass is 16.6. The van der Waals surface area contributed by atoms with Crippen LogP contribution in [0.2, 0.25) is 0 Å². The lowest BCUT2D eigenvalue weighted by molar-refractivity contribution is -0.0875. The van der Waals surface area contributed by atoms with E-state index in [0.717, 1.165) is 19.3 Å². The van der Waals surface area contributed by atoms with Crippen molar-refractivity contribution in [3.8, 4) is 0 Å². The van der Waals surface area contributed by atoms with Crippen molar-refractivity contribution in [1.29, 1.82) is 0 Å². The third-order valence-corrected chi connectivity index (χ3v) is 3.33. The lowest BCUT2D eigenvalue weighted by Gasteiger charge is -2.23. The third-order valence-electron chi connectivity index (χ3n) is 3.33. The molecule has 0 aromatic rings. The first-order valence-corrected chi connectivity index (χ1v) is 4.28. The van der Waals surface area contributed by atoms with Crippen molar-refractivity contribution in [3.05, 3.63) is 0 Å². The molecular weight excluding hydrogens is 144 g/mol. The first kappa shape index (κ1) is 6.40. The highest BCUT2D eigenvalue weighted by molar-refractivity contribution is 5.06. The second-order valence-corrected chi connectivity index (χ2v) is 3.89. The fraction of sp³-hybridized carbons (Fsp3) is 1.00. The molecule has 1 N–H and O–H groups in total. The summed E-state index contributed by atoms with van der Waals surface area (Å²) in [5, 5.41) is 9.41. The van der Waals surface area contributed by atoms with E-state index in [9.17, 15) is 5.11 Å². The molecule has 0 aromatic carbocycles. The van der Waals surface area contributed by atoms with Crippen molar-refractivity contribution < 1.29 is 14.6 Å². The summed E-state index contributed by atoms with van der Waals surface area (Å²) in [6.07, 6.45) is 3.10. The summed E-state index contributed by atoms with van der Waals surface area (Å²) < 4.78 is 10.9. The molecule has 62 valence electrons. The topological polar surface area (TPSA) is 38.7 Å². The van der Waals surface area contributed by atoms with Crippen LogP contribution in [0.15, 0.2) is 0 Å². The molecule has 2 bridgehead atoms. The molecule has 0 saturated carbocycles. The van der Waals surface area contributed by atoms with E-state index >= 15 is 0 Å². The van der Waals surface area contributed by atoms with Crippen molar-refractivity contribution in [3.63, 3.8) is 0 Å². The Bertz CT molecular complexity index is 194. The van der Waals surface area contributed by atoms with Crippen LogP contribution in [-0.2, 0) is 9.47 Å². The minimum absolute atomic E-state index is 0.0793. The molecule has 3 heterocycles. The zero-order valence-corrected chi connectivity index (χ0v) is 6.32. The Morgan fingerprint density at radius 2 is 2.36 bits per heavy atom. The Morgan fingerprint density at radius 1 is 1.45 bits per heavy atom. The summed E-state index contributed by atoms with van der Waals surface area (Å²) in [5.74, 6) is 0.265. The van der Waals surface area contributed by atoms with Crippen molar-refractivity contribution >= 4 is 0 Å². The Morgan fingerprint density at radius 3 is 3.09 bits per heavy atom. The van der Waals surface area contributed by atoms with Gasteiger partial charge in [0, 0.05) is 5.92 Å². The molecule has 3 nitrogen and oxygen atoms in total. The fourth-order valence-electron chi connectivity index (χ4n) is 2.72. The minimum atomic E-state index is -0.555. The van der Waals surface area contributed by atoms with Crippen LogP contribution in [0.4, 0.5) is 0 Å². The van der Waals surface area contributed by atoms with Crippen LogP contribution in [0.25, 0.3) is 0 Å². The molecule has 0 aromatic heterocycles. The van der Waals surface area contributed by atoms with Crippen LogP contribution < -0.4 is 0 Å². The number of hydrogen-bond donors (Lipinski definition) is 1. The van der Waals surface area contributed by atoms with E-state index in [1.807, 2.05) is 0 Å². The standard InChI is InChI=1S/C8H12O3/c9-7-6-3-5-1-2-8(6,11-5)4-10-7/h5-7,9H,1-4H2/t5-,6?,7-,8-/m0/s1. The molecule has 11 heavy (non-hydrogen) atoms. The van der Waals surface area contributed by atoms with Gasteiger partial charge in [-0.15, -0.1) is 0 Å². The normalized spacial score (nSPS) is 60.3. The van der Waals surface area contributed by atoms with Crippen molar-refractivity contribution in [2.75, 3.05) is 6.61 Å². The average Bonchev–Trinajstić information content (AvgIpc) is 2.62. The van der Waals surface area contributed by atoms with Gasteiger partial charge in [0.25, 0.3) is 0 Å². The minimum Gasteiger partial charge on any atom is -0.369 e. The Labute approximate surface area is 65.3 Å². The van der Waals surface area contributed by atoms with Crippen LogP contribution in [0.5, 0.6) is 0 Å². The van der Waals surface area contributed by atoms with Gasteiger partial charge in [-0.1, -0.05) is 0 Å². The van der Waals surface area contributed by atoms with Gasteiger partial charge >= 0.3 is 0 Å². The monoisotopic (exact) mass is 156 g/mol. The highest BCUT2D eigenvalue weighted by Crippen LogP contribution is 2.52. The smallest absolute Gasteiger partial charge is 0.160 e. The molecule has 0 amide bonds. The molecule has 1 spiro atoms. The zero-order valence-electron chi connectivity index (χ0n) is 6.32. The first-order valence-electron chi connectivity index (χ1n) is 4.28. The zero-order chi connectivity index (χ0) is 7.47. The number of rotatable bonds is 0. The number of hydrogen-bond acceptors (Lipinski definition) is 3. The second-order valence-electron chi connectivity index (χ2n) is 3.89. The lowest BCUT2D eigenvalue weighted by atomic mass is 9.80. The number of ether oxygens (including phenoxy) is 2. The van der Waals surface area contributed by atoms with Crippen molar-refractivity contribution in [1.82, 2.24) is 0 Å². The second kappa shape index (κ2) is 1.79. The summed E-state index contributed by atoms with van der Waals surface area (Å²) in [6, 6.07) is 0. The van der Waals surface area contributed by atoms with Gasteiger partial charge < -0.3 is 14.6 Å². The van der Waals surface area contributed by atoms with Crippen LogP contribution in [0.1, 0.15) is 19.3 Å². The van der Waals surface area contributed by atoms with Gasteiger partial charge in [0.1, 0.15) is 0 Å². The summed E-state index contributed by atoms with van der Waals surface area (Å²) in [5.41, 5.74) is -0.0793. The van der Waals surface area contributed by atoms with Gasteiger partial charge in [-0.05, 0) is 19.3 Å². The molecule has 3 saturated heterocycles. The van der Waals surface area contributed by atoms with E-state index in [4.69, 9.17) is 9.47 Å². The summed E-state index contributed by atoms with van der Waals surface area (Å²) >= 11 is 0. The molecule has 0 aliphatic carbocycles. The average molecular weight is 156 g/mol. The SMILES string of the molecule is O[C@H]1OC[C@@]23CC[C@@H](CC12)O3. The van der Waals surface area contributed by atoms with E-state index in [1.54, 1.807) is 0 Å². The van der Waals surface area contributed by atoms with E-state index < -0.39 is 6.29 Å². The predicted molar refractivity (Wildman–Crippen MR) is 36.9 cm³/mol. The van der Waals surface area contributed by atoms with Gasteiger partial charge in [-0.25, -0.2) is 0 Å². The maximum atomic E-state index is 9.41. The van der Waals surface area contributed by atoms with E-state index in [2.05, 4.69) is 0 Å². The Hall–Kier alpha value is -0.120. The first-order chi connectivity index (χ1) is 5.30. The van der Waals surface area contributed by atoms with Gasteiger partial charge in [-0.3, -0.25) is 0 Å². The number of aliphatic hydroxyl groups excluding tert-OH is 1. The summed E-state index contributed by atoms with van der Waals surface area (Å²) in [6.45, 7) is 0.606. The molecule has 3 rings (SSSR count). The maximum absolute atomic E-state index is 9.41. The van der Waals surface area contributed by atoms with E-state index in [0.29, 0.717) is 12.7 Å². The molecule has 1 unspecified atom stereocenters. The summed E-state index contributed by atoms with van der Waals surface area (Å²) in [7, 11) is 0. The molecule has 3 aliphatic heterocycles. The fourth-order valence-corrected chi connectivity index (χ4v) is 2.72. The van der Waals surface area contributed by atoms with Gasteiger partial charge in [0.15, 0.2) is 6.29 Å². The number of aliphatic hydroxyl groups is 1. The van der Waals surface area contributed by atoms with E-state index in [-0.39, 0.29) is 11.5 Å². The molecule has 3 heteroatoms. The van der Waals surface area contributed by atoms with Crippen molar-refractivity contribution in [2.24, 2.45) is 5.92 Å². The maximum Gasteiger partial charge on any atom is 0.160 e. The highest BCUT2D eigenvalue weighted by Gasteiger charge is 2.60. The molecular formula is C8H12O3. The van der Waals surface area contributed by atoms with Gasteiger partial charge in [0.05, 0.1) is 18.3 Å². The van der Waals surface area contributed by atoms with Crippen molar-refractivity contribution in [2.45, 2.75) is 37.3 Å². The molecule has 3 aliphatic rings. The van der Waals surface area contributed by atoms with Crippen LogP contribution in [0, 0.1) is 5.92 Å². The third kappa shape index (κ3) is 0.643. The number of fused-ring (bicyclic) bond motifs is 1. The summed E-state index contributed by atoms with van der Waals surface area (Å²) in [4.78, 5) is 0. The van der Waals surface area contributed by atoms with Gasteiger partial charge in [-0.2, -0.15) is 0 Å². The lowest BCUT2D eigenvalue weighted by Crippen LogP contribution is -2.34. The van der Waals surface area contributed by atoms with Gasteiger partial charge in [0.2, 0.25) is 0 Å².